The maximum atomic E-state index is 10.8. The van der Waals surface area contributed by atoms with E-state index in [4.69, 9.17) is 0 Å². The Morgan fingerprint density at radius 3 is 2.23 bits per heavy atom. The van der Waals surface area contributed by atoms with Gasteiger partial charge in [-0.25, -0.2) is 0 Å². The van der Waals surface area contributed by atoms with Gasteiger partial charge in [0.05, 0.1) is 5.88 Å². The van der Waals surface area contributed by atoms with Crippen LogP contribution < -0.4 is 16.2 Å². The van der Waals surface area contributed by atoms with Crippen molar-refractivity contribution in [2.45, 2.75) is 6.42 Å². The summed E-state index contributed by atoms with van der Waals surface area (Å²) in [7, 11) is 1.81. The van der Waals surface area contributed by atoms with Gasteiger partial charge in [-0.05, 0) is 9.24 Å². The smallest absolute Gasteiger partial charge is 0.253 e. The Morgan fingerprint density at radius 1 is 1.15 bits per heavy atom. The molecule has 0 aliphatic carbocycles. The molecule has 0 bridgehead atoms. The third kappa shape index (κ3) is 7.55. The van der Waals surface area contributed by atoms with Crippen LogP contribution in [-0.2, 0) is 9.59 Å². The number of hydrogen-bond acceptors (Lipinski definition) is 4. The van der Waals surface area contributed by atoms with Crippen LogP contribution in [0.5, 0.6) is 0 Å². The summed E-state index contributed by atoms with van der Waals surface area (Å²) in [5, 5.41) is 2.31. The summed E-state index contributed by atoms with van der Waals surface area (Å²) >= 11 is 3.73. The monoisotopic (exact) mass is 223 g/mol. The van der Waals surface area contributed by atoms with Gasteiger partial charge in [-0.15, -0.1) is 0 Å². The average molecular weight is 223 g/mol. The number of rotatable bonds is 3. The van der Waals surface area contributed by atoms with Crippen molar-refractivity contribution >= 4 is 39.3 Å². The molecule has 13 heavy (non-hydrogen) atoms. The lowest BCUT2D eigenvalue weighted by molar-refractivity contribution is -0.129. The van der Waals surface area contributed by atoms with Gasteiger partial charge in [0.15, 0.2) is 0 Å². The Bertz CT molecular complexity index is 223. The molecule has 3 N–H and O–H groups in total. The molecule has 0 heterocycles. The van der Waals surface area contributed by atoms with Crippen LogP contribution in [0.25, 0.3) is 0 Å². The minimum atomic E-state index is -0.588. The molecule has 0 saturated heterocycles. The molecule has 0 spiro atoms. The van der Waals surface area contributed by atoms with Crippen LogP contribution in [-0.4, -0.2) is 23.3 Å². The quantitative estimate of drug-likeness (QED) is 0.163. The second kappa shape index (κ2) is 6.68. The van der Waals surface area contributed by atoms with E-state index in [1.54, 1.807) is 0 Å². The van der Waals surface area contributed by atoms with E-state index in [1.807, 2.05) is 20.1 Å². The Labute approximate surface area is 82.8 Å². The molecule has 1 unspecified atom stereocenters. The highest BCUT2D eigenvalue weighted by molar-refractivity contribution is 7.80. The summed E-state index contributed by atoms with van der Waals surface area (Å²) < 4.78 is 0. The molecule has 0 aliphatic heterocycles. The zero-order valence-corrected chi connectivity index (χ0v) is 8.71. The Morgan fingerprint density at radius 2 is 1.77 bits per heavy atom. The maximum Gasteiger partial charge on any atom is 0.253 e. The van der Waals surface area contributed by atoms with Crippen LogP contribution in [0.1, 0.15) is 6.42 Å². The van der Waals surface area contributed by atoms with Crippen molar-refractivity contribution in [3.63, 3.8) is 0 Å². The van der Waals surface area contributed by atoms with E-state index in [0.29, 0.717) is 0 Å². The van der Waals surface area contributed by atoms with Crippen molar-refractivity contribution in [3.8, 4) is 0 Å². The van der Waals surface area contributed by atoms with E-state index in [2.05, 4.69) is 17.9 Å². The summed E-state index contributed by atoms with van der Waals surface area (Å²) in [6.07, 6.45) is -0.342. The van der Waals surface area contributed by atoms with Gasteiger partial charge in [0.2, 0.25) is 11.8 Å². The number of carbonyl (C=O) groups is 3. The van der Waals surface area contributed by atoms with Crippen molar-refractivity contribution in [2.24, 2.45) is 0 Å². The maximum absolute atomic E-state index is 10.8. The Hall–Kier alpha value is -0.810. The van der Waals surface area contributed by atoms with Crippen molar-refractivity contribution in [2.75, 3.05) is 5.88 Å². The molecule has 8 heteroatoms. The van der Waals surface area contributed by atoms with E-state index >= 15 is 0 Å². The lowest BCUT2D eigenvalue weighted by Crippen LogP contribution is -2.41. The fourth-order valence-corrected chi connectivity index (χ4v) is 0.721. The van der Waals surface area contributed by atoms with E-state index in [1.165, 1.54) is 0 Å². The SMILES string of the molecule is O=C(P)NNC(=O)CC(=O)NCS. The number of hydrazine groups is 1. The van der Waals surface area contributed by atoms with Crippen LogP contribution in [0.4, 0.5) is 4.79 Å². The second-order valence-corrected chi connectivity index (χ2v) is 2.81. The number of amides is 3. The van der Waals surface area contributed by atoms with Gasteiger partial charge in [0, 0.05) is 0 Å². The van der Waals surface area contributed by atoms with E-state index < -0.39 is 17.5 Å². The standard InChI is InChI=1S/C5H10N3O3PS/c9-3(6-2-13)1-4(10)7-8-5(11)12/h13H,1-2,12H2,(H,6,9)(H,7,10)(H,8,11). The molecule has 74 valence electrons. The third-order valence-electron chi connectivity index (χ3n) is 0.922. The molecule has 0 rings (SSSR count). The predicted molar refractivity (Wildman–Crippen MR) is 53.0 cm³/mol. The van der Waals surface area contributed by atoms with Gasteiger partial charge < -0.3 is 5.32 Å². The fourth-order valence-electron chi connectivity index (χ4n) is 0.472. The van der Waals surface area contributed by atoms with Crippen LogP contribution in [0, 0.1) is 0 Å². The normalized spacial score (nSPS) is 8.77. The molecule has 0 fully saturated rings. The fraction of sp³-hybridized carbons (Fsp3) is 0.400. The molecule has 0 aliphatic rings. The average Bonchev–Trinajstić information content (AvgIpc) is 2.01. The van der Waals surface area contributed by atoms with Crippen LogP contribution >= 0.6 is 21.9 Å². The lowest BCUT2D eigenvalue weighted by Gasteiger charge is -2.04. The molecule has 0 saturated carbocycles. The van der Waals surface area contributed by atoms with Crippen molar-refractivity contribution in [1.82, 2.24) is 16.2 Å². The highest BCUT2D eigenvalue weighted by atomic mass is 32.1. The van der Waals surface area contributed by atoms with E-state index in [9.17, 15) is 14.4 Å². The summed E-state index contributed by atoms with van der Waals surface area (Å²) in [5.74, 6) is -0.872. The first-order valence-corrected chi connectivity index (χ1v) is 4.49. The second-order valence-electron chi connectivity index (χ2n) is 1.97. The van der Waals surface area contributed by atoms with Gasteiger partial charge in [-0.3, -0.25) is 25.2 Å². The van der Waals surface area contributed by atoms with Gasteiger partial charge in [0.25, 0.3) is 5.65 Å². The van der Waals surface area contributed by atoms with Gasteiger partial charge >= 0.3 is 0 Å². The molecule has 0 aromatic carbocycles. The first kappa shape index (κ1) is 12.2. The summed E-state index contributed by atoms with van der Waals surface area (Å²) in [6.45, 7) is 0. The summed E-state index contributed by atoms with van der Waals surface area (Å²) in [5.41, 5.74) is 3.56. The van der Waals surface area contributed by atoms with Crippen LogP contribution in [0.15, 0.2) is 0 Å². The number of nitrogens with one attached hydrogen (secondary N) is 3. The van der Waals surface area contributed by atoms with Crippen LogP contribution in [0.3, 0.4) is 0 Å². The molecular formula is C5H10N3O3PS. The first-order valence-electron chi connectivity index (χ1n) is 3.28. The molecule has 0 aromatic rings. The van der Waals surface area contributed by atoms with E-state index in [-0.39, 0.29) is 12.3 Å². The molecule has 3 amide bonds. The minimum Gasteiger partial charge on any atom is -0.347 e. The summed E-state index contributed by atoms with van der Waals surface area (Å²) in [6, 6.07) is 0. The number of hydrogen-bond donors (Lipinski definition) is 4. The third-order valence-corrected chi connectivity index (χ3v) is 1.22. The highest BCUT2D eigenvalue weighted by Gasteiger charge is 2.07. The first-order chi connectivity index (χ1) is 6.06. The molecule has 0 radical (unpaired) electrons. The molecular weight excluding hydrogens is 213 g/mol. The van der Waals surface area contributed by atoms with Crippen molar-refractivity contribution in [3.05, 3.63) is 0 Å². The molecule has 1 atom stereocenters. The van der Waals surface area contributed by atoms with E-state index in [0.717, 1.165) is 0 Å². The highest BCUT2D eigenvalue weighted by Crippen LogP contribution is 1.82. The summed E-state index contributed by atoms with van der Waals surface area (Å²) in [4.78, 5) is 31.9. The van der Waals surface area contributed by atoms with Crippen molar-refractivity contribution < 1.29 is 14.4 Å². The zero-order chi connectivity index (χ0) is 10.3. The largest absolute Gasteiger partial charge is 0.347 e. The van der Waals surface area contributed by atoms with Gasteiger partial charge in [-0.2, -0.15) is 12.6 Å². The Kier molecular flexibility index (Phi) is 6.26. The van der Waals surface area contributed by atoms with Crippen molar-refractivity contribution in [1.29, 1.82) is 0 Å². The topological polar surface area (TPSA) is 87.3 Å². The lowest BCUT2D eigenvalue weighted by atomic mass is 10.4. The van der Waals surface area contributed by atoms with Gasteiger partial charge in [-0.1, -0.05) is 0 Å². The minimum absolute atomic E-state index is 0.169. The Balaban J connectivity index is 3.62. The predicted octanol–water partition coefficient (Wildman–Crippen LogP) is -1.00. The van der Waals surface area contributed by atoms with Crippen LogP contribution in [0.2, 0.25) is 0 Å². The zero-order valence-electron chi connectivity index (χ0n) is 6.66. The number of thiol groups is 1. The molecule has 6 nitrogen and oxygen atoms in total. The number of carbonyl (C=O) groups excluding carboxylic acids is 3. The molecule has 0 aromatic heterocycles. The van der Waals surface area contributed by atoms with Gasteiger partial charge in [0.1, 0.15) is 6.42 Å².